The van der Waals surface area contributed by atoms with Gasteiger partial charge in [-0.15, -0.1) is 0 Å². The predicted octanol–water partition coefficient (Wildman–Crippen LogP) is -0.199. The molecular weight excluding hydrogens is 136 g/mol. The van der Waals surface area contributed by atoms with Crippen LogP contribution in [0.2, 0.25) is 0 Å². The summed E-state index contributed by atoms with van der Waals surface area (Å²) in [7, 11) is 0. The lowest BCUT2D eigenvalue weighted by Crippen LogP contribution is -2.08. The van der Waals surface area contributed by atoms with Crippen molar-refractivity contribution in [2.75, 3.05) is 0 Å². The smallest absolute Gasteiger partial charge is 0.303 e. The molecule has 0 aliphatic heterocycles. The Hall–Kier alpha value is -0.900. The summed E-state index contributed by atoms with van der Waals surface area (Å²) >= 11 is 0. The molecule has 0 bridgehead atoms. The Morgan fingerprint density at radius 1 is 1.60 bits per heavy atom. The first kappa shape index (κ1) is 9.10. The molecule has 0 radical (unpaired) electrons. The molecule has 0 unspecified atom stereocenters. The van der Waals surface area contributed by atoms with Crippen molar-refractivity contribution in [1.29, 1.82) is 0 Å². The number of aliphatic hydroxyl groups is 1. The highest BCUT2D eigenvalue weighted by Crippen LogP contribution is 1.97. The third kappa shape index (κ3) is 5.24. The van der Waals surface area contributed by atoms with Crippen LogP contribution < -0.4 is 0 Å². The van der Waals surface area contributed by atoms with E-state index < -0.39 is 12.1 Å². The van der Waals surface area contributed by atoms with Crippen molar-refractivity contribution >= 4 is 12.3 Å². The van der Waals surface area contributed by atoms with Gasteiger partial charge in [0, 0.05) is 6.42 Å². The van der Waals surface area contributed by atoms with Crippen molar-refractivity contribution in [3.8, 4) is 0 Å². The quantitative estimate of drug-likeness (QED) is 0.527. The molecule has 0 fully saturated rings. The average Bonchev–Trinajstić information content (AvgIpc) is 1.87. The molecule has 4 nitrogen and oxygen atoms in total. The van der Waals surface area contributed by atoms with E-state index >= 15 is 0 Å². The van der Waals surface area contributed by atoms with E-state index in [0.29, 0.717) is 12.7 Å². The van der Waals surface area contributed by atoms with Gasteiger partial charge in [0.15, 0.2) is 0 Å². The molecular formula is C6H10O4. The molecule has 0 rings (SSSR count). The molecule has 0 amide bonds. The zero-order chi connectivity index (χ0) is 7.98. The SMILES string of the molecule is O=C[C@@H](O)CCCC(=O)O. The molecule has 0 aromatic rings. The van der Waals surface area contributed by atoms with Gasteiger partial charge in [0.25, 0.3) is 0 Å². The van der Waals surface area contributed by atoms with E-state index in [0.717, 1.165) is 0 Å². The number of carboxylic acid groups (broad SMARTS) is 1. The van der Waals surface area contributed by atoms with E-state index in [-0.39, 0.29) is 12.8 Å². The van der Waals surface area contributed by atoms with E-state index in [1.165, 1.54) is 0 Å². The second kappa shape index (κ2) is 4.93. The Morgan fingerprint density at radius 2 is 2.20 bits per heavy atom. The van der Waals surface area contributed by atoms with Crippen molar-refractivity contribution in [3.05, 3.63) is 0 Å². The van der Waals surface area contributed by atoms with Crippen LogP contribution in [-0.2, 0) is 9.59 Å². The predicted molar refractivity (Wildman–Crippen MR) is 33.6 cm³/mol. The van der Waals surface area contributed by atoms with Gasteiger partial charge in [0.2, 0.25) is 0 Å². The average molecular weight is 146 g/mol. The lowest BCUT2D eigenvalue weighted by atomic mass is 10.2. The second-order valence-electron chi connectivity index (χ2n) is 1.99. The Morgan fingerprint density at radius 3 is 2.60 bits per heavy atom. The van der Waals surface area contributed by atoms with Crippen molar-refractivity contribution < 1.29 is 19.8 Å². The summed E-state index contributed by atoms with van der Waals surface area (Å²) in [4.78, 5) is 19.7. The minimum Gasteiger partial charge on any atom is -0.481 e. The number of aldehydes is 1. The van der Waals surface area contributed by atoms with E-state index in [1.54, 1.807) is 0 Å². The number of carbonyl (C=O) groups is 2. The van der Waals surface area contributed by atoms with Crippen LogP contribution >= 0.6 is 0 Å². The fourth-order valence-corrected chi connectivity index (χ4v) is 0.530. The molecule has 0 aliphatic rings. The van der Waals surface area contributed by atoms with Gasteiger partial charge in [-0.05, 0) is 12.8 Å². The molecule has 0 spiro atoms. The fourth-order valence-electron chi connectivity index (χ4n) is 0.530. The Bertz CT molecular complexity index is 121. The minimum absolute atomic E-state index is 0.00486. The maximum absolute atomic E-state index is 9.90. The Labute approximate surface area is 58.5 Å². The summed E-state index contributed by atoms with van der Waals surface area (Å²) in [5.41, 5.74) is 0. The normalized spacial score (nSPS) is 12.5. The van der Waals surface area contributed by atoms with Crippen LogP contribution in [0.4, 0.5) is 0 Å². The van der Waals surface area contributed by atoms with Gasteiger partial charge in [-0.3, -0.25) is 4.79 Å². The van der Waals surface area contributed by atoms with E-state index in [4.69, 9.17) is 10.2 Å². The molecule has 0 aromatic heterocycles. The molecule has 1 atom stereocenters. The maximum atomic E-state index is 9.90. The van der Waals surface area contributed by atoms with Crippen molar-refractivity contribution in [2.24, 2.45) is 0 Å². The highest BCUT2D eigenvalue weighted by atomic mass is 16.4. The topological polar surface area (TPSA) is 74.6 Å². The first-order valence-corrected chi connectivity index (χ1v) is 3.02. The Balaban J connectivity index is 3.19. The van der Waals surface area contributed by atoms with E-state index in [2.05, 4.69) is 0 Å². The van der Waals surface area contributed by atoms with Crippen LogP contribution in [0, 0.1) is 0 Å². The van der Waals surface area contributed by atoms with Crippen LogP contribution in [0.5, 0.6) is 0 Å². The summed E-state index contributed by atoms with van der Waals surface area (Å²) in [6, 6.07) is 0. The van der Waals surface area contributed by atoms with Gasteiger partial charge in [-0.25, -0.2) is 0 Å². The van der Waals surface area contributed by atoms with Crippen molar-refractivity contribution in [3.63, 3.8) is 0 Å². The largest absolute Gasteiger partial charge is 0.481 e. The molecule has 0 saturated carbocycles. The molecule has 10 heavy (non-hydrogen) atoms. The van der Waals surface area contributed by atoms with Crippen LogP contribution in [0.1, 0.15) is 19.3 Å². The summed E-state index contributed by atoms with van der Waals surface area (Å²) in [6.45, 7) is 0. The third-order valence-corrected chi connectivity index (χ3v) is 1.05. The lowest BCUT2D eigenvalue weighted by Gasteiger charge is -1.98. The highest BCUT2D eigenvalue weighted by Gasteiger charge is 2.02. The van der Waals surface area contributed by atoms with Crippen LogP contribution in [0.3, 0.4) is 0 Å². The number of aliphatic hydroxyl groups excluding tert-OH is 1. The monoisotopic (exact) mass is 146 g/mol. The van der Waals surface area contributed by atoms with Gasteiger partial charge >= 0.3 is 5.97 Å². The summed E-state index contributed by atoms with van der Waals surface area (Å²) in [6.07, 6.45) is -0.0167. The summed E-state index contributed by atoms with van der Waals surface area (Å²) in [5, 5.41) is 16.7. The minimum atomic E-state index is -1.00. The van der Waals surface area contributed by atoms with Gasteiger partial charge in [-0.1, -0.05) is 0 Å². The summed E-state index contributed by atoms with van der Waals surface area (Å²) < 4.78 is 0. The van der Waals surface area contributed by atoms with Gasteiger partial charge in [-0.2, -0.15) is 0 Å². The first-order valence-electron chi connectivity index (χ1n) is 3.02. The number of hydrogen-bond acceptors (Lipinski definition) is 3. The zero-order valence-corrected chi connectivity index (χ0v) is 5.49. The fraction of sp³-hybridized carbons (Fsp3) is 0.667. The van der Waals surface area contributed by atoms with Gasteiger partial charge in [0.05, 0.1) is 0 Å². The third-order valence-electron chi connectivity index (χ3n) is 1.05. The molecule has 4 heteroatoms. The number of rotatable bonds is 5. The molecule has 58 valence electrons. The molecule has 0 heterocycles. The number of carbonyl (C=O) groups excluding carboxylic acids is 1. The first-order chi connectivity index (χ1) is 4.66. The standard InChI is InChI=1S/C6H10O4/c7-4-5(8)2-1-3-6(9)10/h4-5,8H,1-3H2,(H,9,10)/t5-/m0/s1. The van der Waals surface area contributed by atoms with E-state index in [9.17, 15) is 9.59 Å². The van der Waals surface area contributed by atoms with Crippen LogP contribution in [0.25, 0.3) is 0 Å². The van der Waals surface area contributed by atoms with E-state index in [1.807, 2.05) is 0 Å². The molecule has 0 aliphatic carbocycles. The number of aliphatic carboxylic acids is 1. The molecule has 2 N–H and O–H groups in total. The van der Waals surface area contributed by atoms with Gasteiger partial charge in [0.1, 0.15) is 12.4 Å². The lowest BCUT2D eigenvalue weighted by molar-refractivity contribution is -0.137. The van der Waals surface area contributed by atoms with Crippen molar-refractivity contribution in [2.45, 2.75) is 25.4 Å². The zero-order valence-electron chi connectivity index (χ0n) is 5.49. The molecule has 0 aromatic carbocycles. The van der Waals surface area contributed by atoms with Crippen LogP contribution in [-0.4, -0.2) is 28.6 Å². The van der Waals surface area contributed by atoms with Gasteiger partial charge < -0.3 is 15.0 Å². The Kier molecular flexibility index (Phi) is 4.49. The maximum Gasteiger partial charge on any atom is 0.303 e. The number of carboxylic acids is 1. The second-order valence-corrected chi connectivity index (χ2v) is 1.99. The van der Waals surface area contributed by atoms with Crippen molar-refractivity contribution in [1.82, 2.24) is 0 Å². The van der Waals surface area contributed by atoms with Crippen LogP contribution in [0.15, 0.2) is 0 Å². The highest BCUT2D eigenvalue weighted by molar-refractivity contribution is 5.66. The molecule has 0 saturated heterocycles. The summed E-state index contributed by atoms with van der Waals surface area (Å²) in [5.74, 6) is -0.905. The number of hydrogen-bond donors (Lipinski definition) is 2.